The van der Waals surface area contributed by atoms with Gasteiger partial charge in [-0.25, -0.2) is 0 Å². The van der Waals surface area contributed by atoms with Crippen molar-refractivity contribution in [2.45, 2.75) is 25.2 Å². The van der Waals surface area contributed by atoms with E-state index in [0.717, 1.165) is 24.3 Å². The molecule has 0 unspecified atom stereocenters. The molecule has 1 fully saturated rings. The number of likely N-dealkylation sites (tertiary alicyclic amines) is 1. The molecule has 1 aliphatic heterocycles. The van der Waals surface area contributed by atoms with Crippen LogP contribution in [0.4, 0.5) is 0 Å². The largest absolute Gasteiger partial charge is 0.497 e. The number of hydrogen-bond acceptors (Lipinski definition) is 4. The van der Waals surface area contributed by atoms with Crippen molar-refractivity contribution in [1.82, 2.24) is 15.1 Å². The Morgan fingerprint density at radius 3 is 2.44 bits per heavy atom. The average Bonchev–Trinajstić information content (AvgIpc) is 3.13. The lowest BCUT2D eigenvalue weighted by Crippen LogP contribution is -2.44. The van der Waals surface area contributed by atoms with E-state index in [1.807, 2.05) is 4.90 Å². The minimum atomic E-state index is -0.485. The molecular weight excluding hydrogens is 320 g/mol. The third kappa shape index (κ3) is 3.22. The molecule has 1 aliphatic rings. The van der Waals surface area contributed by atoms with Gasteiger partial charge < -0.3 is 15.4 Å². The monoisotopic (exact) mass is 342 g/mol. The second-order valence-electron chi connectivity index (χ2n) is 6.60. The van der Waals surface area contributed by atoms with E-state index in [2.05, 4.69) is 17.1 Å². The third-order valence-electron chi connectivity index (χ3n) is 5.00. The highest BCUT2D eigenvalue weighted by Crippen LogP contribution is 2.36. The van der Waals surface area contributed by atoms with Gasteiger partial charge in [-0.2, -0.15) is 5.10 Å². The number of methoxy groups -OCH3 is 1. The van der Waals surface area contributed by atoms with E-state index in [-0.39, 0.29) is 11.3 Å². The molecule has 1 aromatic carbocycles. The van der Waals surface area contributed by atoms with Gasteiger partial charge in [0.2, 0.25) is 0 Å². The lowest BCUT2D eigenvalue weighted by atomic mass is 9.76. The number of ether oxygens (including phenoxy) is 1. The Labute approximate surface area is 146 Å². The van der Waals surface area contributed by atoms with E-state index < -0.39 is 5.91 Å². The molecule has 132 valence electrons. The Bertz CT molecular complexity index is 774. The fourth-order valence-electron chi connectivity index (χ4n) is 3.30. The smallest absolute Gasteiger partial charge is 0.253 e. The zero-order valence-corrected chi connectivity index (χ0v) is 14.4. The Balaban J connectivity index is 1.71. The van der Waals surface area contributed by atoms with E-state index in [1.165, 1.54) is 6.20 Å². The van der Waals surface area contributed by atoms with Crippen molar-refractivity contribution in [1.29, 1.82) is 0 Å². The van der Waals surface area contributed by atoms with Gasteiger partial charge in [0.1, 0.15) is 5.75 Å². The van der Waals surface area contributed by atoms with Crippen molar-refractivity contribution >= 4 is 11.8 Å². The van der Waals surface area contributed by atoms with Gasteiger partial charge in [0.05, 0.1) is 24.6 Å². The number of aromatic nitrogens is 2. The molecule has 7 nitrogen and oxygen atoms in total. The predicted octanol–water partition coefficient (Wildman–Crippen LogP) is 1.71. The molecule has 1 aromatic heterocycles. The number of primary amides is 1. The summed E-state index contributed by atoms with van der Waals surface area (Å²) in [6, 6.07) is 7.11. The lowest BCUT2D eigenvalue weighted by Gasteiger charge is -2.39. The highest BCUT2D eigenvalue weighted by molar-refractivity contribution is 5.95. The van der Waals surface area contributed by atoms with E-state index in [4.69, 9.17) is 10.5 Å². The number of piperidine rings is 1. The standard InChI is InChI=1S/C18H22N4O3/c1-18(15-14(16(19)23)11-20-21-15)7-9-22(10-8-18)17(24)12-3-5-13(25-2)6-4-12/h3-6,11H,7-10H2,1-2H3,(H2,19,23)(H,20,21). The number of carbonyl (C=O) groups excluding carboxylic acids is 2. The SMILES string of the molecule is COc1ccc(C(=O)N2CCC(C)(c3[nH]ncc3C(N)=O)CC2)cc1. The number of carbonyl (C=O) groups is 2. The van der Waals surface area contributed by atoms with Gasteiger partial charge in [-0.3, -0.25) is 14.7 Å². The van der Waals surface area contributed by atoms with E-state index >= 15 is 0 Å². The van der Waals surface area contributed by atoms with Crippen molar-refractivity contribution in [3.8, 4) is 5.75 Å². The minimum Gasteiger partial charge on any atom is -0.497 e. The molecule has 2 amide bonds. The molecule has 3 N–H and O–H groups in total. The normalized spacial score (nSPS) is 16.5. The molecule has 0 spiro atoms. The number of amides is 2. The number of nitrogens with zero attached hydrogens (tertiary/aromatic N) is 2. The molecule has 0 atom stereocenters. The number of nitrogens with two attached hydrogens (primary N) is 1. The molecule has 1 saturated heterocycles. The zero-order valence-electron chi connectivity index (χ0n) is 14.4. The summed E-state index contributed by atoms with van der Waals surface area (Å²) in [4.78, 5) is 26.1. The van der Waals surface area contributed by atoms with Crippen molar-refractivity contribution in [2.24, 2.45) is 5.73 Å². The molecule has 25 heavy (non-hydrogen) atoms. The van der Waals surface area contributed by atoms with Crippen LogP contribution < -0.4 is 10.5 Å². The van der Waals surface area contributed by atoms with Gasteiger partial charge in [0.15, 0.2) is 0 Å². The summed E-state index contributed by atoms with van der Waals surface area (Å²) >= 11 is 0. The molecular formula is C18H22N4O3. The molecule has 2 heterocycles. The van der Waals surface area contributed by atoms with Gasteiger partial charge in [-0.1, -0.05) is 6.92 Å². The van der Waals surface area contributed by atoms with Crippen molar-refractivity contribution in [3.63, 3.8) is 0 Å². The van der Waals surface area contributed by atoms with Crippen LogP contribution in [-0.4, -0.2) is 47.1 Å². The summed E-state index contributed by atoms with van der Waals surface area (Å²) in [5.41, 5.74) is 7.00. The summed E-state index contributed by atoms with van der Waals surface area (Å²) in [6.07, 6.45) is 2.94. The fourth-order valence-corrected chi connectivity index (χ4v) is 3.30. The number of aromatic amines is 1. The van der Waals surface area contributed by atoms with Gasteiger partial charge >= 0.3 is 0 Å². The molecule has 3 rings (SSSR count). The first-order chi connectivity index (χ1) is 11.9. The molecule has 2 aromatic rings. The Morgan fingerprint density at radius 2 is 1.88 bits per heavy atom. The number of nitrogens with one attached hydrogen (secondary N) is 1. The average molecular weight is 342 g/mol. The maximum absolute atomic E-state index is 12.7. The van der Waals surface area contributed by atoms with Crippen LogP contribution >= 0.6 is 0 Å². The molecule has 0 bridgehead atoms. The van der Waals surface area contributed by atoms with Crippen molar-refractivity contribution < 1.29 is 14.3 Å². The fraction of sp³-hybridized carbons (Fsp3) is 0.389. The third-order valence-corrected chi connectivity index (χ3v) is 5.00. The number of hydrogen-bond donors (Lipinski definition) is 2. The Hall–Kier alpha value is -2.83. The predicted molar refractivity (Wildman–Crippen MR) is 92.6 cm³/mol. The number of H-pyrrole nitrogens is 1. The summed E-state index contributed by atoms with van der Waals surface area (Å²) in [7, 11) is 1.60. The van der Waals surface area contributed by atoms with Crippen LogP contribution in [-0.2, 0) is 5.41 Å². The topological polar surface area (TPSA) is 101 Å². The first kappa shape index (κ1) is 17.0. The molecule has 0 saturated carbocycles. The van der Waals surface area contributed by atoms with Crippen molar-refractivity contribution in [3.05, 3.63) is 47.3 Å². The van der Waals surface area contributed by atoms with Crippen LogP contribution in [0.25, 0.3) is 0 Å². The maximum Gasteiger partial charge on any atom is 0.253 e. The van der Waals surface area contributed by atoms with Crippen LogP contribution in [0, 0.1) is 0 Å². The van der Waals surface area contributed by atoms with Gasteiger partial charge in [-0.15, -0.1) is 0 Å². The highest BCUT2D eigenvalue weighted by Gasteiger charge is 2.37. The summed E-state index contributed by atoms with van der Waals surface area (Å²) in [5, 5.41) is 6.88. The molecule has 0 radical (unpaired) electrons. The Morgan fingerprint density at radius 1 is 1.24 bits per heavy atom. The first-order valence-electron chi connectivity index (χ1n) is 8.21. The highest BCUT2D eigenvalue weighted by atomic mass is 16.5. The second kappa shape index (κ2) is 6.58. The quantitative estimate of drug-likeness (QED) is 0.883. The van der Waals surface area contributed by atoms with Gasteiger partial charge in [-0.05, 0) is 37.1 Å². The number of rotatable bonds is 4. The summed E-state index contributed by atoms with van der Waals surface area (Å²) in [6.45, 7) is 3.29. The molecule has 0 aliphatic carbocycles. The lowest BCUT2D eigenvalue weighted by molar-refractivity contribution is 0.0671. The van der Waals surface area contributed by atoms with Crippen molar-refractivity contribution in [2.75, 3.05) is 20.2 Å². The Kier molecular flexibility index (Phi) is 4.48. The zero-order chi connectivity index (χ0) is 18.0. The summed E-state index contributed by atoms with van der Waals surface area (Å²) in [5.74, 6) is 0.243. The number of benzene rings is 1. The van der Waals surface area contributed by atoms with Crippen LogP contribution in [0.5, 0.6) is 5.75 Å². The first-order valence-corrected chi connectivity index (χ1v) is 8.21. The van der Waals surface area contributed by atoms with Gasteiger partial charge in [0.25, 0.3) is 11.8 Å². The molecule has 7 heteroatoms. The minimum absolute atomic E-state index is 0.00411. The summed E-state index contributed by atoms with van der Waals surface area (Å²) < 4.78 is 5.12. The van der Waals surface area contributed by atoms with Crippen LogP contribution in [0.2, 0.25) is 0 Å². The van der Waals surface area contributed by atoms with E-state index in [9.17, 15) is 9.59 Å². The maximum atomic E-state index is 12.7. The van der Waals surface area contributed by atoms with E-state index in [1.54, 1.807) is 31.4 Å². The van der Waals surface area contributed by atoms with Gasteiger partial charge in [0, 0.05) is 24.1 Å². The van der Waals surface area contributed by atoms with Crippen LogP contribution in [0.1, 0.15) is 46.2 Å². The van der Waals surface area contributed by atoms with Crippen LogP contribution in [0.3, 0.4) is 0 Å². The van der Waals surface area contributed by atoms with Crippen LogP contribution in [0.15, 0.2) is 30.5 Å². The van der Waals surface area contributed by atoms with E-state index in [0.29, 0.717) is 24.2 Å². The second-order valence-corrected chi connectivity index (χ2v) is 6.60.